The van der Waals surface area contributed by atoms with Crippen molar-refractivity contribution in [2.45, 2.75) is 6.04 Å². The zero-order valence-electron chi connectivity index (χ0n) is 6.80. The largest absolute Gasteiger partial charge is 0.480 e. The van der Waals surface area contributed by atoms with Crippen molar-refractivity contribution < 1.29 is 18.7 Å². The molecule has 0 aromatic heterocycles. The fraction of sp³-hybridized carbons (Fsp3) is 0.125. The minimum Gasteiger partial charge on any atom is -0.480 e. The smallest absolute Gasteiger partial charge is 0.325 e. The van der Waals surface area contributed by atoms with E-state index in [1.807, 2.05) is 0 Å². The van der Waals surface area contributed by atoms with Crippen LogP contribution in [0.15, 0.2) is 12.1 Å². The molecule has 6 heteroatoms. The molecule has 14 heavy (non-hydrogen) atoms. The summed E-state index contributed by atoms with van der Waals surface area (Å²) in [5.41, 5.74) is 4.49. The second-order valence-electron chi connectivity index (χ2n) is 2.60. The minimum absolute atomic E-state index is 0.346. The Morgan fingerprint density at radius 1 is 1.43 bits per heavy atom. The van der Waals surface area contributed by atoms with Gasteiger partial charge in [-0.2, -0.15) is 0 Å². The van der Waals surface area contributed by atoms with Gasteiger partial charge in [-0.15, -0.1) is 0 Å². The molecule has 0 radical (unpaired) electrons. The summed E-state index contributed by atoms with van der Waals surface area (Å²) in [5.74, 6) is -3.35. The molecule has 0 amide bonds. The second kappa shape index (κ2) is 4.18. The fourth-order valence-corrected chi connectivity index (χ4v) is 1.52. The third-order valence-corrected chi connectivity index (χ3v) is 2.24. The SMILES string of the molecule is N[C@H](C(=O)O)c1c(F)cc(I)cc1F. The van der Waals surface area contributed by atoms with Gasteiger partial charge >= 0.3 is 5.97 Å². The van der Waals surface area contributed by atoms with Gasteiger partial charge in [0, 0.05) is 3.57 Å². The summed E-state index contributed by atoms with van der Waals surface area (Å²) in [7, 11) is 0. The quantitative estimate of drug-likeness (QED) is 0.816. The molecule has 0 saturated carbocycles. The van der Waals surface area contributed by atoms with Crippen molar-refractivity contribution in [1.29, 1.82) is 0 Å². The summed E-state index contributed by atoms with van der Waals surface area (Å²) in [6.45, 7) is 0. The lowest BCUT2D eigenvalue weighted by Crippen LogP contribution is -2.23. The highest BCUT2D eigenvalue weighted by molar-refractivity contribution is 14.1. The van der Waals surface area contributed by atoms with Gasteiger partial charge in [0.05, 0.1) is 5.56 Å². The van der Waals surface area contributed by atoms with Crippen LogP contribution >= 0.6 is 22.6 Å². The van der Waals surface area contributed by atoms with Crippen molar-refractivity contribution in [2.24, 2.45) is 5.73 Å². The predicted molar refractivity (Wildman–Crippen MR) is 53.6 cm³/mol. The molecule has 0 aliphatic rings. The normalized spacial score (nSPS) is 12.6. The van der Waals surface area contributed by atoms with Crippen LogP contribution in [0.4, 0.5) is 8.78 Å². The van der Waals surface area contributed by atoms with Crippen LogP contribution in [0.3, 0.4) is 0 Å². The number of halogens is 3. The molecular formula is C8H6F2INO2. The van der Waals surface area contributed by atoms with E-state index in [0.29, 0.717) is 3.57 Å². The standard InChI is InChI=1S/C8H6F2INO2/c9-4-1-3(11)2-5(10)6(4)7(12)8(13)14/h1-2,7H,12H2,(H,13,14)/t7-/m0/s1. The van der Waals surface area contributed by atoms with E-state index in [1.165, 1.54) is 0 Å². The molecular weight excluding hydrogens is 307 g/mol. The Balaban J connectivity index is 3.27. The molecule has 1 atom stereocenters. The maximum Gasteiger partial charge on any atom is 0.325 e. The van der Waals surface area contributed by atoms with Crippen LogP contribution in [0.2, 0.25) is 0 Å². The predicted octanol–water partition coefficient (Wildman–Crippen LogP) is 1.65. The molecule has 0 bridgehead atoms. The number of nitrogens with two attached hydrogens (primary N) is 1. The third-order valence-electron chi connectivity index (χ3n) is 1.62. The lowest BCUT2D eigenvalue weighted by molar-refractivity contribution is -0.138. The van der Waals surface area contributed by atoms with E-state index < -0.39 is 29.2 Å². The van der Waals surface area contributed by atoms with Crippen LogP contribution in [0, 0.1) is 15.2 Å². The molecule has 1 aromatic carbocycles. The zero-order valence-corrected chi connectivity index (χ0v) is 8.96. The number of carboxylic acid groups (broad SMARTS) is 1. The van der Waals surface area contributed by atoms with E-state index in [-0.39, 0.29) is 0 Å². The van der Waals surface area contributed by atoms with Gasteiger partial charge in [0.2, 0.25) is 0 Å². The Labute approximate surface area is 92.0 Å². The summed E-state index contributed by atoms with van der Waals surface area (Å²) < 4.78 is 26.6. The maximum atomic E-state index is 13.1. The number of rotatable bonds is 2. The van der Waals surface area contributed by atoms with Gasteiger partial charge in [-0.05, 0) is 34.7 Å². The molecule has 76 valence electrons. The van der Waals surface area contributed by atoms with Crippen LogP contribution in [0.5, 0.6) is 0 Å². The Hall–Kier alpha value is -0.760. The average Bonchev–Trinajstić information content (AvgIpc) is 2.01. The van der Waals surface area contributed by atoms with Crippen LogP contribution in [-0.2, 0) is 4.79 Å². The van der Waals surface area contributed by atoms with E-state index in [9.17, 15) is 13.6 Å². The fourth-order valence-electron chi connectivity index (χ4n) is 0.974. The van der Waals surface area contributed by atoms with Crippen molar-refractivity contribution in [2.75, 3.05) is 0 Å². The van der Waals surface area contributed by atoms with E-state index in [1.54, 1.807) is 22.6 Å². The number of aliphatic carboxylic acids is 1. The average molecular weight is 313 g/mol. The summed E-state index contributed by atoms with van der Waals surface area (Å²) in [4.78, 5) is 10.4. The van der Waals surface area contributed by atoms with Crippen LogP contribution in [0.1, 0.15) is 11.6 Å². The van der Waals surface area contributed by atoms with Gasteiger partial charge in [0.25, 0.3) is 0 Å². The van der Waals surface area contributed by atoms with Gasteiger partial charge < -0.3 is 10.8 Å². The van der Waals surface area contributed by atoms with Crippen molar-refractivity contribution in [3.8, 4) is 0 Å². The molecule has 3 nitrogen and oxygen atoms in total. The first-order valence-corrected chi connectivity index (χ1v) is 4.64. The van der Waals surface area contributed by atoms with E-state index >= 15 is 0 Å². The Morgan fingerprint density at radius 2 is 1.86 bits per heavy atom. The summed E-state index contributed by atoms with van der Waals surface area (Å²) in [5, 5.41) is 8.49. The van der Waals surface area contributed by atoms with Crippen LogP contribution in [-0.4, -0.2) is 11.1 Å². The molecule has 0 unspecified atom stereocenters. The first-order chi connectivity index (χ1) is 6.43. The van der Waals surface area contributed by atoms with Crippen molar-refractivity contribution in [3.05, 3.63) is 32.9 Å². The molecule has 3 N–H and O–H groups in total. The zero-order chi connectivity index (χ0) is 10.9. The number of benzene rings is 1. The topological polar surface area (TPSA) is 63.3 Å². The summed E-state index contributed by atoms with van der Waals surface area (Å²) >= 11 is 1.72. The Kier molecular flexibility index (Phi) is 3.38. The molecule has 1 rings (SSSR count). The van der Waals surface area contributed by atoms with Crippen molar-refractivity contribution >= 4 is 28.6 Å². The van der Waals surface area contributed by atoms with Gasteiger partial charge in [0.15, 0.2) is 0 Å². The number of hydrogen-bond acceptors (Lipinski definition) is 2. The third kappa shape index (κ3) is 2.18. The molecule has 1 aromatic rings. The van der Waals surface area contributed by atoms with Gasteiger partial charge in [-0.25, -0.2) is 8.78 Å². The van der Waals surface area contributed by atoms with Gasteiger partial charge in [-0.3, -0.25) is 4.79 Å². The minimum atomic E-state index is -1.67. The Morgan fingerprint density at radius 3 is 2.21 bits per heavy atom. The molecule has 0 heterocycles. The van der Waals surface area contributed by atoms with Crippen molar-refractivity contribution in [1.82, 2.24) is 0 Å². The summed E-state index contributed by atoms with van der Waals surface area (Å²) in [6.07, 6.45) is 0. The lowest BCUT2D eigenvalue weighted by atomic mass is 10.1. The number of carbonyl (C=O) groups is 1. The van der Waals surface area contributed by atoms with E-state index in [0.717, 1.165) is 12.1 Å². The lowest BCUT2D eigenvalue weighted by Gasteiger charge is -2.09. The second-order valence-corrected chi connectivity index (χ2v) is 3.84. The van der Waals surface area contributed by atoms with Crippen LogP contribution in [0.25, 0.3) is 0 Å². The highest BCUT2D eigenvalue weighted by atomic mass is 127. The van der Waals surface area contributed by atoms with Crippen LogP contribution < -0.4 is 5.73 Å². The monoisotopic (exact) mass is 313 g/mol. The van der Waals surface area contributed by atoms with E-state index in [4.69, 9.17) is 10.8 Å². The first kappa shape index (κ1) is 11.3. The highest BCUT2D eigenvalue weighted by Gasteiger charge is 2.23. The molecule has 0 fully saturated rings. The first-order valence-electron chi connectivity index (χ1n) is 3.56. The molecule has 0 aliphatic heterocycles. The molecule has 0 aliphatic carbocycles. The molecule has 0 saturated heterocycles. The summed E-state index contributed by atoms with van der Waals surface area (Å²) in [6, 6.07) is 0.385. The van der Waals surface area contributed by atoms with Gasteiger partial charge in [0.1, 0.15) is 17.7 Å². The number of carboxylic acids is 1. The van der Waals surface area contributed by atoms with Crippen molar-refractivity contribution in [3.63, 3.8) is 0 Å². The Bertz CT molecular complexity index is 361. The maximum absolute atomic E-state index is 13.1. The molecule has 0 spiro atoms. The number of hydrogen-bond donors (Lipinski definition) is 2. The van der Waals surface area contributed by atoms with E-state index in [2.05, 4.69) is 0 Å². The van der Waals surface area contributed by atoms with Gasteiger partial charge in [-0.1, -0.05) is 0 Å². The highest BCUT2D eigenvalue weighted by Crippen LogP contribution is 2.21.